The molecule has 0 radical (unpaired) electrons. The Labute approximate surface area is 109 Å². The molecule has 1 aromatic heterocycles. The number of aromatic nitrogens is 2. The van der Waals surface area contributed by atoms with Crippen molar-refractivity contribution >= 4 is 6.01 Å². The quantitative estimate of drug-likeness (QED) is 0.845. The molecule has 0 aliphatic rings. The number of rotatable bonds is 6. The zero-order valence-corrected chi connectivity index (χ0v) is 12.3. The summed E-state index contributed by atoms with van der Waals surface area (Å²) in [5.41, 5.74) is -0.0603. The van der Waals surface area contributed by atoms with Crippen molar-refractivity contribution in [2.75, 3.05) is 18.5 Å². The monoisotopic (exact) mass is 255 g/mol. The maximum atomic E-state index is 5.72. The molecule has 1 aromatic rings. The summed E-state index contributed by atoms with van der Waals surface area (Å²) < 4.78 is 10.9. The fourth-order valence-corrected chi connectivity index (χ4v) is 1.58. The van der Waals surface area contributed by atoms with Gasteiger partial charge in [0.05, 0.1) is 0 Å². The van der Waals surface area contributed by atoms with Gasteiger partial charge in [0.25, 0.3) is 0 Å². The third kappa shape index (κ3) is 4.29. The summed E-state index contributed by atoms with van der Waals surface area (Å²) in [5.74, 6) is 1.14. The van der Waals surface area contributed by atoms with Crippen LogP contribution >= 0.6 is 0 Å². The van der Waals surface area contributed by atoms with Gasteiger partial charge in [0, 0.05) is 13.2 Å². The molecule has 0 amide bonds. The van der Waals surface area contributed by atoms with Crippen molar-refractivity contribution in [3.8, 4) is 0 Å². The zero-order chi connectivity index (χ0) is 13.8. The van der Waals surface area contributed by atoms with Crippen molar-refractivity contribution in [1.82, 2.24) is 10.1 Å². The molecule has 1 unspecified atom stereocenters. The molecule has 1 heterocycles. The molecule has 5 nitrogen and oxygen atoms in total. The Morgan fingerprint density at radius 3 is 2.50 bits per heavy atom. The topological polar surface area (TPSA) is 60.2 Å². The van der Waals surface area contributed by atoms with Gasteiger partial charge in [0.15, 0.2) is 0 Å². The molecule has 0 aromatic carbocycles. The van der Waals surface area contributed by atoms with Crippen LogP contribution in [0.1, 0.15) is 53.5 Å². The zero-order valence-electron chi connectivity index (χ0n) is 12.3. The van der Waals surface area contributed by atoms with Gasteiger partial charge in [0.2, 0.25) is 5.82 Å². The second-order valence-electron chi connectivity index (χ2n) is 5.93. The predicted molar refractivity (Wildman–Crippen MR) is 71.4 cm³/mol. The Kier molecular flexibility index (Phi) is 5.14. The van der Waals surface area contributed by atoms with Crippen LogP contribution in [-0.4, -0.2) is 23.3 Å². The van der Waals surface area contributed by atoms with Gasteiger partial charge in [0.1, 0.15) is 6.10 Å². The summed E-state index contributed by atoms with van der Waals surface area (Å²) in [7, 11) is 0. The first kappa shape index (κ1) is 15.0. The van der Waals surface area contributed by atoms with Gasteiger partial charge in [-0.05, 0) is 18.3 Å². The fourth-order valence-electron chi connectivity index (χ4n) is 1.58. The van der Waals surface area contributed by atoms with Crippen LogP contribution in [0.2, 0.25) is 0 Å². The van der Waals surface area contributed by atoms with E-state index in [1.807, 2.05) is 6.92 Å². The summed E-state index contributed by atoms with van der Waals surface area (Å²) in [6, 6.07) is 0.465. The minimum atomic E-state index is -0.152. The molecule has 18 heavy (non-hydrogen) atoms. The lowest BCUT2D eigenvalue weighted by molar-refractivity contribution is -0.0203. The molecule has 0 aliphatic carbocycles. The van der Waals surface area contributed by atoms with Crippen LogP contribution < -0.4 is 5.32 Å². The Morgan fingerprint density at radius 1 is 1.33 bits per heavy atom. The predicted octanol–water partition coefficient (Wildman–Crippen LogP) is 3.26. The molecular formula is C13H25N3O2. The van der Waals surface area contributed by atoms with Crippen molar-refractivity contribution in [2.45, 2.75) is 47.6 Å². The molecule has 0 fully saturated rings. The molecule has 1 N–H and O–H groups in total. The highest BCUT2D eigenvalue weighted by Gasteiger charge is 2.31. The van der Waals surface area contributed by atoms with Gasteiger partial charge >= 0.3 is 6.01 Å². The summed E-state index contributed by atoms with van der Waals surface area (Å²) >= 11 is 0. The van der Waals surface area contributed by atoms with Crippen LogP contribution in [-0.2, 0) is 4.74 Å². The Hall–Kier alpha value is -1.10. The normalized spacial score (nSPS) is 13.9. The summed E-state index contributed by atoms with van der Waals surface area (Å²) in [6.45, 7) is 14.0. The first-order valence-electron chi connectivity index (χ1n) is 6.53. The molecule has 0 aliphatic heterocycles. The Morgan fingerprint density at radius 2 is 2.00 bits per heavy atom. The highest BCUT2D eigenvalue weighted by Crippen LogP contribution is 2.34. The SMILES string of the molecule is CCOC(c1noc(NCC(C)C)n1)C(C)(C)C. The van der Waals surface area contributed by atoms with E-state index in [1.54, 1.807) is 0 Å². The van der Waals surface area contributed by atoms with Crippen LogP contribution in [0.5, 0.6) is 0 Å². The highest BCUT2D eigenvalue weighted by atomic mass is 16.5. The van der Waals surface area contributed by atoms with Gasteiger partial charge in [-0.15, -0.1) is 0 Å². The second-order valence-corrected chi connectivity index (χ2v) is 5.93. The molecular weight excluding hydrogens is 230 g/mol. The van der Waals surface area contributed by atoms with E-state index < -0.39 is 0 Å². The van der Waals surface area contributed by atoms with Gasteiger partial charge in [-0.2, -0.15) is 4.98 Å². The van der Waals surface area contributed by atoms with E-state index in [4.69, 9.17) is 9.26 Å². The van der Waals surface area contributed by atoms with Crippen molar-refractivity contribution < 1.29 is 9.26 Å². The lowest BCUT2D eigenvalue weighted by Crippen LogP contribution is -2.22. The molecule has 1 atom stereocenters. The number of nitrogens with one attached hydrogen (secondary N) is 1. The Bertz CT molecular complexity index is 355. The number of ether oxygens (including phenoxy) is 1. The lowest BCUT2D eigenvalue weighted by atomic mass is 9.88. The third-order valence-corrected chi connectivity index (χ3v) is 2.46. The van der Waals surface area contributed by atoms with Crippen molar-refractivity contribution in [3.63, 3.8) is 0 Å². The standard InChI is InChI=1S/C13H25N3O2/c1-7-17-10(13(4,5)6)11-15-12(18-16-11)14-8-9(2)3/h9-10H,7-8H2,1-6H3,(H,14,15,16). The summed E-state index contributed by atoms with van der Waals surface area (Å²) in [6.07, 6.45) is -0.152. The molecule has 0 spiro atoms. The van der Waals surface area contributed by atoms with Crippen molar-refractivity contribution in [1.29, 1.82) is 0 Å². The molecule has 1 rings (SSSR count). The first-order chi connectivity index (χ1) is 8.34. The average molecular weight is 255 g/mol. The molecule has 104 valence electrons. The van der Waals surface area contributed by atoms with Crippen LogP contribution in [0.25, 0.3) is 0 Å². The van der Waals surface area contributed by atoms with Crippen molar-refractivity contribution in [3.05, 3.63) is 5.82 Å². The molecule has 0 saturated heterocycles. The average Bonchev–Trinajstić information content (AvgIpc) is 2.69. The van der Waals surface area contributed by atoms with E-state index >= 15 is 0 Å². The highest BCUT2D eigenvalue weighted by molar-refractivity contribution is 5.19. The van der Waals surface area contributed by atoms with E-state index in [0.29, 0.717) is 24.4 Å². The van der Waals surface area contributed by atoms with E-state index in [-0.39, 0.29) is 11.5 Å². The van der Waals surface area contributed by atoms with E-state index in [9.17, 15) is 0 Å². The van der Waals surface area contributed by atoms with Gasteiger partial charge in [-0.1, -0.05) is 39.8 Å². The minimum absolute atomic E-state index is 0.0603. The van der Waals surface area contributed by atoms with Gasteiger partial charge in [-0.25, -0.2) is 0 Å². The lowest BCUT2D eigenvalue weighted by Gasteiger charge is -2.27. The maximum absolute atomic E-state index is 5.72. The number of anilines is 1. The number of hydrogen-bond acceptors (Lipinski definition) is 5. The summed E-state index contributed by atoms with van der Waals surface area (Å²) in [5, 5.41) is 7.12. The van der Waals surface area contributed by atoms with Crippen LogP contribution in [0.15, 0.2) is 4.52 Å². The largest absolute Gasteiger partial charge is 0.370 e. The van der Waals surface area contributed by atoms with E-state index in [2.05, 4.69) is 50.1 Å². The van der Waals surface area contributed by atoms with Gasteiger partial charge < -0.3 is 14.6 Å². The van der Waals surface area contributed by atoms with Crippen molar-refractivity contribution in [2.24, 2.45) is 11.3 Å². The molecule has 0 bridgehead atoms. The first-order valence-corrected chi connectivity index (χ1v) is 6.53. The number of nitrogens with zero attached hydrogens (tertiary/aromatic N) is 2. The van der Waals surface area contributed by atoms with Crippen LogP contribution in [0.4, 0.5) is 6.01 Å². The number of hydrogen-bond donors (Lipinski definition) is 1. The third-order valence-electron chi connectivity index (χ3n) is 2.46. The second kappa shape index (κ2) is 6.18. The maximum Gasteiger partial charge on any atom is 0.321 e. The molecule has 0 saturated carbocycles. The van der Waals surface area contributed by atoms with Crippen LogP contribution in [0, 0.1) is 11.3 Å². The van der Waals surface area contributed by atoms with E-state index in [1.165, 1.54) is 0 Å². The van der Waals surface area contributed by atoms with E-state index in [0.717, 1.165) is 6.54 Å². The van der Waals surface area contributed by atoms with Crippen LogP contribution in [0.3, 0.4) is 0 Å². The Balaban J connectivity index is 2.75. The smallest absolute Gasteiger partial charge is 0.321 e. The summed E-state index contributed by atoms with van der Waals surface area (Å²) in [4.78, 5) is 4.35. The molecule has 5 heteroatoms. The minimum Gasteiger partial charge on any atom is -0.370 e. The fraction of sp³-hybridized carbons (Fsp3) is 0.846. The van der Waals surface area contributed by atoms with Gasteiger partial charge in [-0.3, -0.25) is 0 Å².